The fourth-order valence-corrected chi connectivity index (χ4v) is 3.40. The lowest BCUT2D eigenvalue weighted by Crippen LogP contribution is -2.44. The van der Waals surface area contributed by atoms with Gasteiger partial charge in [0.25, 0.3) is 0 Å². The number of aliphatic hydroxyl groups excluding tert-OH is 2. The summed E-state index contributed by atoms with van der Waals surface area (Å²) < 4.78 is 23.8. The minimum atomic E-state index is -0.586. The Hall–Kier alpha value is -1.80. The molecule has 26 heavy (non-hydrogen) atoms. The van der Waals surface area contributed by atoms with E-state index in [1.807, 2.05) is 60.7 Å². The van der Waals surface area contributed by atoms with Crippen LogP contribution in [-0.2, 0) is 18.9 Å². The Bertz CT molecular complexity index is 632. The molecule has 0 spiro atoms. The third-order valence-electron chi connectivity index (χ3n) is 4.72. The first-order chi connectivity index (χ1) is 12.8. The molecule has 2 aromatic rings. The van der Waals surface area contributed by atoms with Crippen molar-refractivity contribution in [3.05, 3.63) is 71.8 Å². The Morgan fingerprint density at radius 2 is 0.962 bits per heavy atom. The average Bonchev–Trinajstić information content (AvgIpc) is 3.33. The summed E-state index contributed by atoms with van der Waals surface area (Å²) in [5.41, 5.74) is 1.74. The first-order valence-corrected chi connectivity index (χ1v) is 8.73. The zero-order valence-corrected chi connectivity index (χ0v) is 14.2. The predicted octanol–water partition coefficient (Wildman–Crippen LogP) is 1.94. The van der Waals surface area contributed by atoms with Crippen LogP contribution >= 0.6 is 0 Å². The number of hydrogen-bond acceptors (Lipinski definition) is 6. The van der Waals surface area contributed by atoms with Crippen LogP contribution in [0, 0.1) is 0 Å². The van der Waals surface area contributed by atoms with Crippen molar-refractivity contribution in [2.24, 2.45) is 0 Å². The van der Waals surface area contributed by atoms with Crippen molar-refractivity contribution in [3.63, 3.8) is 0 Å². The number of benzene rings is 2. The summed E-state index contributed by atoms with van der Waals surface area (Å²) in [4.78, 5) is 0. The fourth-order valence-electron chi connectivity index (χ4n) is 3.40. The molecular formula is C20H22O6. The number of hydrogen-bond donors (Lipinski definition) is 2. The molecule has 2 aliphatic rings. The average molecular weight is 358 g/mol. The fraction of sp³-hybridized carbons (Fsp3) is 0.400. The molecule has 0 aliphatic carbocycles. The van der Waals surface area contributed by atoms with Gasteiger partial charge in [0.05, 0.1) is 13.2 Å². The second-order valence-corrected chi connectivity index (χ2v) is 6.40. The molecule has 4 rings (SSSR count). The quantitative estimate of drug-likeness (QED) is 0.851. The van der Waals surface area contributed by atoms with Gasteiger partial charge in [-0.25, -0.2) is 0 Å². The predicted molar refractivity (Wildman–Crippen MR) is 92.0 cm³/mol. The van der Waals surface area contributed by atoms with Crippen molar-refractivity contribution < 1.29 is 29.2 Å². The van der Waals surface area contributed by atoms with Crippen molar-refractivity contribution in [3.8, 4) is 0 Å². The Kier molecular flexibility index (Phi) is 5.31. The highest BCUT2D eigenvalue weighted by Crippen LogP contribution is 2.40. The van der Waals surface area contributed by atoms with E-state index in [1.54, 1.807) is 0 Å². The van der Waals surface area contributed by atoms with Gasteiger partial charge in [-0.05, 0) is 0 Å². The van der Waals surface area contributed by atoms with Crippen LogP contribution in [0.25, 0.3) is 0 Å². The van der Waals surface area contributed by atoms with E-state index in [-0.39, 0.29) is 13.2 Å². The van der Waals surface area contributed by atoms with Crippen molar-refractivity contribution in [2.75, 3.05) is 13.2 Å². The molecule has 0 saturated carbocycles. The van der Waals surface area contributed by atoms with Crippen LogP contribution < -0.4 is 0 Å². The third kappa shape index (κ3) is 3.40. The summed E-state index contributed by atoms with van der Waals surface area (Å²) in [7, 11) is 0. The second kappa shape index (κ2) is 7.84. The topological polar surface area (TPSA) is 77.4 Å². The third-order valence-corrected chi connectivity index (χ3v) is 4.72. The zero-order valence-electron chi connectivity index (χ0n) is 14.2. The molecule has 0 bridgehead atoms. The molecular weight excluding hydrogens is 336 g/mol. The Morgan fingerprint density at radius 3 is 1.31 bits per heavy atom. The minimum Gasteiger partial charge on any atom is -0.394 e. The van der Waals surface area contributed by atoms with Crippen LogP contribution in [0.15, 0.2) is 60.7 Å². The van der Waals surface area contributed by atoms with E-state index < -0.39 is 37.0 Å². The van der Waals surface area contributed by atoms with Crippen LogP contribution in [0.3, 0.4) is 0 Å². The van der Waals surface area contributed by atoms with E-state index in [9.17, 15) is 10.2 Å². The molecule has 0 unspecified atom stereocenters. The number of aliphatic hydroxyl groups is 2. The highest BCUT2D eigenvalue weighted by molar-refractivity contribution is 5.18. The van der Waals surface area contributed by atoms with Crippen LogP contribution in [-0.4, -0.2) is 47.8 Å². The van der Waals surface area contributed by atoms with Crippen LogP contribution in [0.1, 0.15) is 23.7 Å². The molecule has 2 fully saturated rings. The van der Waals surface area contributed by atoms with Gasteiger partial charge in [-0.2, -0.15) is 0 Å². The first kappa shape index (κ1) is 17.6. The summed E-state index contributed by atoms with van der Waals surface area (Å²) in [6, 6.07) is 19.1. The van der Waals surface area contributed by atoms with E-state index in [4.69, 9.17) is 18.9 Å². The maximum atomic E-state index is 9.74. The molecule has 2 aliphatic heterocycles. The summed E-state index contributed by atoms with van der Waals surface area (Å²) >= 11 is 0. The summed E-state index contributed by atoms with van der Waals surface area (Å²) in [6.45, 7) is -0.413. The van der Waals surface area contributed by atoms with Gasteiger partial charge in [0, 0.05) is 11.1 Å². The van der Waals surface area contributed by atoms with Crippen molar-refractivity contribution in [1.29, 1.82) is 0 Å². The van der Waals surface area contributed by atoms with Gasteiger partial charge >= 0.3 is 0 Å². The number of rotatable bonds is 5. The monoisotopic (exact) mass is 358 g/mol. The molecule has 0 amide bonds. The Balaban J connectivity index is 1.53. The van der Waals surface area contributed by atoms with E-state index in [0.29, 0.717) is 0 Å². The number of ether oxygens (including phenoxy) is 4. The first-order valence-electron chi connectivity index (χ1n) is 8.73. The SMILES string of the molecule is OC[C@@H]1O[C@H](c2ccccc2)O[C@H]1[C@@H]1O[C@@H](c2ccccc2)O[C@@H]1CO. The maximum absolute atomic E-state index is 9.74. The van der Waals surface area contributed by atoms with Gasteiger partial charge in [-0.3, -0.25) is 0 Å². The van der Waals surface area contributed by atoms with Gasteiger partial charge in [-0.15, -0.1) is 0 Å². The highest BCUT2D eigenvalue weighted by atomic mass is 16.8. The molecule has 6 atom stereocenters. The lowest BCUT2D eigenvalue weighted by Gasteiger charge is -2.23. The van der Waals surface area contributed by atoms with Crippen LogP contribution in [0.2, 0.25) is 0 Å². The largest absolute Gasteiger partial charge is 0.394 e. The summed E-state index contributed by atoms with van der Waals surface area (Å²) in [6.07, 6.45) is -3.38. The van der Waals surface area contributed by atoms with Gasteiger partial charge in [0.1, 0.15) is 24.4 Å². The van der Waals surface area contributed by atoms with E-state index in [2.05, 4.69) is 0 Å². The van der Waals surface area contributed by atoms with E-state index in [1.165, 1.54) is 0 Å². The van der Waals surface area contributed by atoms with E-state index in [0.717, 1.165) is 11.1 Å². The standard InChI is InChI=1S/C20H22O6/c21-11-15-17(25-19(23-15)13-7-3-1-4-8-13)18-16(12-22)24-20(26-18)14-9-5-2-6-10-14/h1-10,15-22H,11-12H2/t15-,16+,17-,18-,19+,20+/m1/s1. The van der Waals surface area contributed by atoms with Gasteiger partial charge in [-0.1, -0.05) is 60.7 Å². The molecule has 2 aromatic carbocycles. The second-order valence-electron chi connectivity index (χ2n) is 6.40. The van der Waals surface area contributed by atoms with Crippen LogP contribution in [0.5, 0.6) is 0 Å². The normalized spacial score (nSPS) is 34.2. The Labute approximate surface area is 151 Å². The van der Waals surface area contributed by atoms with Crippen molar-refractivity contribution in [1.82, 2.24) is 0 Å². The van der Waals surface area contributed by atoms with Crippen molar-refractivity contribution in [2.45, 2.75) is 37.0 Å². The van der Waals surface area contributed by atoms with Gasteiger partial charge in [0.2, 0.25) is 0 Å². The zero-order chi connectivity index (χ0) is 17.9. The summed E-state index contributed by atoms with van der Waals surface area (Å²) in [5, 5.41) is 19.5. The smallest absolute Gasteiger partial charge is 0.184 e. The molecule has 6 nitrogen and oxygen atoms in total. The molecule has 2 saturated heterocycles. The van der Waals surface area contributed by atoms with E-state index >= 15 is 0 Å². The maximum Gasteiger partial charge on any atom is 0.184 e. The lowest BCUT2D eigenvalue weighted by atomic mass is 10.0. The minimum absolute atomic E-state index is 0.206. The lowest BCUT2D eigenvalue weighted by molar-refractivity contribution is -0.107. The molecule has 0 aromatic heterocycles. The highest BCUT2D eigenvalue weighted by Gasteiger charge is 2.49. The van der Waals surface area contributed by atoms with Crippen LogP contribution in [0.4, 0.5) is 0 Å². The molecule has 2 heterocycles. The molecule has 2 N–H and O–H groups in total. The van der Waals surface area contributed by atoms with Gasteiger partial charge in [0.15, 0.2) is 12.6 Å². The molecule has 6 heteroatoms. The van der Waals surface area contributed by atoms with Crippen molar-refractivity contribution >= 4 is 0 Å². The van der Waals surface area contributed by atoms with Gasteiger partial charge < -0.3 is 29.2 Å². The summed E-state index contributed by atoms with van der Waals surface area (Å²) in [5.74, 6) is 0. The molecule has 0 radical (unpaired) electrons. The molecule has 138 valence electrons. The Morgan fingerprint density at radius 1 is 0.577 bits per heavy atom.